The summed E-state index contributed by atoms with van der Waals surface area (Å²) >= 11 is 0. The van der Waals surface area contributed by atoms with Crippen molar-refractivity contribution in [3.63, 3.8) is 0 Å². The lowest BCUT2D eigenvalue weighted by molar-refractivity contribution is 0.348. The normalized spacial score (nSPS) is 11.4. The molecule has 15 heteroatoms. The minimum Gasteiger partial charge on any atom is -0.506 e. The number of hydrogen-bond donors (Lipinski definition) is 10. The van der Waals surface area contributed by atoms with E-state index in [2.05, 4.69) is 15.0 Å². The lowest BCUT2D eigenvalue weighted by atomic mass is 9.87. The monoisotopic (exact) mass is 721 g/mol. The number of phenolic OH excluding ortho intramolecular Hbond substituents is 10. The van der Waals surface area contributed by atoms with Gasteiger partial charge in [-0.05, 0) is 22.2 Å². The molecular weight excluding hydrogens is 697 g/mol. The van der Waals surface area contributed by atoms with E-state index in [1.807, 2.05) is 30.3 Å². The van der Waals surface area contributed by atoms with Gasteiger partial charge in [0, 0.05) is 5.56 Å². The molecule has 0 saturated carbocycles. The molecule has 8 rings (SSSR count). The molecule has 54 heavy (non-hydrogen) atoms. The maximum Gasteiger partial charge on any atom is 0.205 e. The minimum atomic E-state index is -1.15. The summed E-state index contributed by atoms with van der Waals surface area (Å²) in [5.41, 5.74) is -0.914. The van der Waals surface area contributed by atoms with Crippen molar-refractivity contribution in [1.82, 2.24) is 15.0 Å². The third-order valence-corrected chi connectivity index (χ3v) is 9.04. The summed E-state index contributed by atoms with van der Waals surface area (Å²) in [6.07, 6.45) is 0. The van der Waals surface area contributed by atoms with Crippen molar-refractivity contribution in [2.75, 3.05) is 0 Å². The molecule has 2 heterocycles. The van der Waals surface area contributed by atoms with Crippen molar-refractivity contribution >= 4 is 35.2 Å². The van der Waals surface area contributed by atoms with Gasteiger partial charge in [-0.25, -0.2) is 15.0 Å². The van der Waals surface area contributed by atoms with E-state index in [1.165, 1.54) is 0 Å². The summed E-state index contributed by atoms with van der Waals surface area (Å²) in [5, 5.41) is 109. The molecule has 8 aromatic rings. The highest BCUT2D eigenvalue weighted by Crippen LogP contribution is 2.58. The van der Waals surface area contributed by atoms with Crippen LogP contribution in [-0.2, 0) is 0 Å². The van der Waals surface area contributed by atoms with Crippen LogP contribution in [0.2, 0.25) is 0 Å². The molecule has 0 amide bonds. The first-order valence-corrected chi connectivity index (χ1v) is 15.9. The molecule has 2 radical (unpaired) electrons. The minimum absolute atomic E-state index is 0.146. The van der Waals surface area contributed by atoms with Gasteiger partial charge >= 0.3 is 0 Å². The summed E-state index contributed by atoms with van der Waals surface area (Å²) in [6.45, 7) is 0. The van der Waals surface area contributed by atoms with Crippen molar-refractivity contribution in [2.24, 2.45) is 0 Å². The Bertz CT molecular complexity index is 2800. The van der Waals surface area contributed by atoms with Gasteiger partial charge in [0.25, 0.3) is 0 Å². The Balaban J connectivity index is 1.37. The fraction of sp³-hybridized carbons (Fsp3) is 0. The van der Waals surface area contributed by atoms with Gasteiger partial charge in [-0.1, -0.05) is 84.9 Å². The molecule has 0 saturated heterocycles. The summed E-state index contributed by atoms with van der Waals surface area (Å²) in [5.74, 6) is -10.7. The molecule has 6 aromatic carbocycles. The maximum absolute atomic E-state index is 11.7. The molecule has 264 valence electrons. The number of hydrogen-bond acceptors (Lipinski definition) is 14. The van der Waals surface area contributed by atoms with Crippen molar-refractivity contribution in [3.8, 4) is 114 Å². The van der Waals surface area contributed by atoms with E-state index < -0.39 is 102 Å². The lowest BCUT2D eigenvalue weighted by Gasteiger charge is -2.15. The fourth-order valence-corrected chi connectivity index (χ4v) is 6.35. The van der Waals surface area contributed by atoms with E-state index in [-0.39, 0.29) is 22.3 Å². The highest BCUT2D eigenvalue weighted by molar-refractivity contribution is 6.38. The summed E-state index contributed by atoms with van der Waals surface area (Å²) in [7, 11) is 5.99. The van der Waals surface area contributed by atoms with Crippen LogP contribution in [0.4, 0.5) is 0 Å². The molecule has 0 atom stereocenters. The van der Waals surface area contributed by atoms with Crippen LogP contribution in [0, 0.1) is 0 Å². The van der Waals surface area contributed by atoms with Crippen molar-refractivity contribution in [1.29, 1.82) is 0 Å². The van der Waals surface area contributed by atoms with Crippen molar-refractivity contribution < 1.29 is 55.5 Å². The molecule has 14 nitrogen and oxygen atoms in total. The van der Waals surface area contributed by atoms with Gasteiger partial charge in [0.15, 0.2) is 63.1 Å². The van der Waals surface area contributed by atoms with E-state index in [0.29, 0.717) is 5.56 Å². The third-order valence-electron chi connectivity index (χ3n) is 9.04. The fourth-order valence-electron chi connectivity index (χ4n) is 6.35. The van der Waals surface area contributed by atoms with Gasteiger partial charge in [-0.3, -0.25) is 0 Å². The van der Waals surface area contributed by atoms with Gasteiger partial charge in [-0.2, -0.15) is 0 Å². The van der Waals surface area contributed by atoms with Gasteiger partial charge < -0.3 is 55.5 Å². The Morgan fingerprint density at radius 2 is 0.796 bits per heavy atom. The van der Waals surface area contributed by atoms with E-state index in [0.717, 1.165) is 11.1 Å². The van der Waals surface area contributed by atoms with Crippen LogP contribution in [0.3, 0.4) is 0 Å². The predicted octanol–water partition coefficient (Wildman–Crippen LogP) is 5.96. The Morgan fingerprint density at radius 3 is 1.43 bits per heavy atom. The standard InChI is InChI=1S/C39H24BN3O11/c40-24-22(28(47)32(51)33(52)31(24)50)38-41-37(18-9-5-2-6-10-18)42-39(43-38)23-29(48)27(46)21-20-25(44)19(26(45)34(53)36(20)54-35(21)30(23)49)17-13-11-16(12-14-17)15-7-3-1-4-8-15/h1-14,44-53H. The number of fused-ring (bicyclic) bond motifs is 3. The highest BCUT2D eigenvalue weighted by atomic mass is 16.4. The first-order chi connectivity index (χ1) is 25.9. The molecular formula is C39H24BN3O11. The number of aromatic hydroxyl groups is 10. The molecule has 0 unspecified atom stereocenters. The van der Waals surface area contributed by atoms with E-state index in [4.69, 9.17) is 12.3 Å². The SMILES string of the molecule is [B]c1c(O)c(O)c(O)c(O)c1-c1nc(-c2ccccc2)nc(-c2c(O)c(O)c3c(oc4c(O)c(O)c(-c5ccc(-c6ccccc6)cc5)c(O)c43)c2O)n1. The average Bonchev–Trinajstić information content (AvgIpc) is 3.61. The lowest BCUT2D eigenvalue weighted by Crippen LogP contribution is -2.11. The third kappa shape index (κ3) is 4.86. The van der Waals surface area contributed by atoms with Crippen molar-refractivity contribution in [2.45, 2.75) is 0 Å². The van der Waals surface area contributed by atoms with Crippen LogP contribution in [0.5, 0.6) is 57.5 Å². The molecule has 2 aromatic heterocycles. The Hall–Kier alpha value is -7.81. The summed E-state index contributed by atoms with van der Waals surface area (Å²) in [4.78, 5) is 12.9. The number of rotatable bonds is 5. The molecule has 0 aliphatic heterocycles. The second kappa shape index (κ2) is 12.2. The van der Waals surface area contributed by atoms with E-state index in [9.17, 15) is 51.1 Å². The van der Waals surface area contributed by atoms with Gasteiger partial charge in [-0.15, -0.1) is 0 Å². The summed E-state index contributed by atoms with van der Waals surface area (Å²) < 4.78 is 5.74. The number of benzene rings is 6. The van der Waals surface area contributed by atoms with Crippen LogP contribution in [0.1, 0.15) is 0 Å². The van der Waals surface area contributed by atoms with Crippen LogP contribution < -0.4 is 5.46 Å². The predicted molar refractivity (Wildman–Crippen MR) is 196 cm³/mol. The van der Waals surface area contributed by atoms with E-state index in [1.54, 1.807) is 54.6 Å². The zero-order chi connectivity index (χ0) is 38.2. The van der Waals surface area contributed by atoms with Crippen LogP contribution in [0.15, 0.2) is 89.3 Å². The molecule has 10 N–H and O–H groups in total. The smallest absolute Gasteiger partial charge is 0.205 e. The highest BCUT2D eigenvalue weighted by Gasteiger charge is 2.33. The zero-order valence-corrected chi connectivity index (χ0v) is 27.4. The average molecular weight is 721 g/mol. The number of nitrogens with zero attached hydrogens (tertiary/aromatic N) is 3. The molecule has 0 spiro atoms. The zero-order valence-electron chi connectivity index (χ0n) is 27.4. The molecule has 0 aliphatic carbocycles. The first-order valence-electron chi connectivity index (χ1n) is 15.9. The maximum atomic E-state index is 11.7. The van der Waals surface area contributed by atoms with Crippen LogP contribution in [-0.4, -0.2) is 73.9 Å². The second-order valence-corrected chi connectivity index (χ2v) is 12.2. The quantitative estimate of drug-likeness (QED) is 0.0560. The Labute approximate surface area is 304 Å². The second-order valence-electron chi connectivity index (χ2n) is 12.2. The number of phenols is 10. The molecule has 0 aliphatic rings. The topological polar surface area (TPSA) is 254 Å². The number of furan rings is 1. The van der Waals surface area contributed by atoms with Gasteiger partial charge in [0.05, 0.1) is 21.9 Å². The van der Waals surface area contributed by atoms with Gasteiger partial charge in [0.2, 0.25) is 17.2 Å². The van der Waals surface area contributed by atoms with Gasteiger partial charge in [0.1, 0.15) is 19.2 Å². The largest absolute Gasteiger partial charge is 0.506 e. The molecule has 0 fully saturated rings. The Morgan fingerprint density at radius 1 is 0.352 bits per heavy atom. The molecule has 0 bridgehead atoms. The number of aromatic nitrogens is 3. The van der Waals surface area contributed by atoms with Crippen LogP contribution >= 0.6 is 0 Å². The first kappa shape index (κ1) is 33.3. The van der Waals surface area contributed by atoms with Crippen molar-refractivity contribution in [3.05, 3.63) is 84.9 Å². The van der Waals surface area contributed by atoms with E-state index >= 15 is 0 Å². The Kier molecular flexibility index (Phi) is 7.51. The van der Waals surface area contributed by atoms with Crippen LogP contribution in [0.25, 0.3) is 78.4 Å². The summed E-state index contributed by atoms with van der Waals surface area (Å²) in [6, 6.07) is 24.2.